The van der Waals surface area contributed by atoms with Crippen LogP contribution < -0.4 is 0 Å². The van der Waals surface area contributed by atoms with E-state index in [0.717, 1.165) is 0 Å². The predicted molar refractivity (Wildman–Crippen MR) is 56.6 cm³/mol. The standard InChI is InChI=1S/C11H13F4N3/c1-7-4-9(6-18-3-2-8(12)5-18)17-10(16-7)11(13,14)15/h4,8H,2-3,5-6H2,1H3. The molecular formula is C11H13F4N3. The molecule has 0 saturated carbocycles. The van der Waals surface area contributed by atoms with Gasteiger partial charge in [0.15, 0.2) is 0 Å². The Kier molecular flexibility index (Phi) is 3.52. The lowest BCUT2D eigenvalue weighted by atomic mass is 10.3. The molecule has 1 atom stereocenters. The van der Waals surface area contributed by atoms with Crippen molar-refractivity contribution in [1.29, 1.82) is 0 Å². The summed E-state index contributed by atoms with van der Waals surface area (Å²) in [5, 5.41) is 0. The van der Waals surface area contributed by atoms with Gasteiger partial charge in [0.2, 0.25) is 5.82 Å². The van der Waals surface area contributed by atoms with Gasteiger partial charge in [-0.05, 0) is 19.4 Å². The van der Waals surface area contributed by atoms with Gasteiger partial charge in [0, 0.05) is 25.3 Å². The van der Waals surface area contributed by atoms with Gasteiger partial charge in [0.05, 0.1) is 5.69 Å². The van der Waals surface area contributed by atoms with Crippen LogP contribution in [-0.4, -0.2) is 34.1 Å². The molecule has 0 bridgehead atoms. The molecule has 0 amide bonds. The highest BCUT2D eigenvalue weighted by molar-refractivity contribution is 5.11. The molecule has 7 heteroatoms. The summed E-state index contributed by atoms with van der Waals surface area (Å²) in [5.74, 6) is -1.13. The number of nitrogens with zero attached hydrogens (tertiary/aromatic N) is 3. The van der Waals surface area contributed by atoms with Crippen LogP contribution in [0.4, 0.5) is 17.6 Å². The van der Waals surface area contributed by atoms with Crippen LogP contribution in [0.2, 0.25) is 0 Å². The normalized spacial score (nSPS) is 21.5. The van der Waals surface area contributed by atoms with Crippen LogP contribution in [0, 0.1) is 6.92 Å². The Morgan fingerprint density at radius 1 is 1.39 bits per heavy atom. The summed E-state index contributed by atoms with van der Waals surface area (Å²) < 4.78 is 50.5. The molecule has 1 aromatic heterocycles. The molecule has 1 unspecified atom stereocenters. The van der Waals surface area contributed by atoms with E-state index in [9.17, 15) is 17.6 Å². The van der Waals surface area contributed by atoms with Gasteiger partial charge in [-0.2, -0.15) is 13.2 Å². The summed E-state index contributed by atoms with van der Waals surface area (Å²) in [6.45, 7) is 2.52. The summed E-state index contributed by atoms with van der Waals surface area (Å²) in [5.41, 5.74) is 0.548. The molecule has 2 rings (SSSR count). The highest BCUT2D eigenvalue weighted by atomic mass is 19.4. The number of hydrogen-bond acceptors (Lipinski definition) is 3. The Labute approximate surface area is 102 Å². The minimum atomic E-state index is -4.55. The number of alkyl halides is 4. The first-order chi connectivity index (χ1) is 8.34. The minimum Gasteiger partial charge on any atom is -0.295 e. The van der Waals surface area contributed by atoms with Gasteiger partial charge in [-0.25, -0.2) is 14.4 Å². The van der Waals surface area contributed by atoms with Crippen molar-refractivity contribution in [1.82, 2.24) is 14.9 Å². The third-order valence-electron chi connectivity index (χ3n) is 2.76. The molecule has 1 saturated heterocycles. The van der Waals surface area contributed by atoms with Crippen LogP contribution in [0.3, 0.4) is 0 Å². The van der Waals surface area contributed by atoms with E-state index in [0.29, 0.717) is 13.0 Å². The molecule has 0 aromatic carbocycles. The van der Waals surface area contributed by atoms with Crippen molar-refractivity contribution in [2.45, 2.75) is 32.2 Å². The van der Waals surface area contributed by atoms with E-state index in [1.54, 1.807) is 4.90 Å². The van der Waals surface area contributed by atoms with E-state index >= 15 is 0 Å². The van der Waals surface area contributed by atoms with Crippen LogP contribution in [0.15, 0.2) is 6.07 Å². The van der Waals surface area contributed by atoms with E-state index in [-0.39, 0.29) is 24.5 Å². The van der Waals surface area contributed by atoms with E-state index in [1.165, 1.54) is 13.0 Å². The Morgan fingerprint density at radius 3 is 2.67 bits per heavy atom. The lowest BCUT2D eigenvalue weighted by molar-refractivity contribution is -0.145. The smallest absolute Gasteiger partial charge is 0.295 e. The van der Waals surface area contributed by atoms with Crippen LogP contribution in [-0.2, 0) is 12.7 Å². The molecule has 0 N–H and O–H groups in total. The third-order valence-corrected chi connectivity index (χ3v) is 2.76. The molecule has 1 aromatic rings. The van der Waals surface area contributed by atoms with E-state index in [2.05, 4.69) is 9.97 Å². The van der Waals surface area contributed by atoms with Gasteiger partial charge < -0.3 is 0 Å². The minimum absolute atomic E-state index is 0.229. The molecular weight excluding hydrogens is 250 g/mol. The van der Waals surface area contributed by atoms with Gasteiger partial charge in [-0.3, -0.25) is 4.90 Å². The second-order valence-corrected chi connectivity index (χ2v) is 4.44. The van der Waals surface area contributed by atoms with Crippen molar-refractivity contribution in [3.05, 3.63) is 23.3 Å². The molecule has 100 valence electrons. The fourth-order valence-corrected chi connectivity index (χ4v) is 2.00. The molecule has 0 radical (unpaired) electrons. The fourth-order valence-electron chi connectivity index (χ4n) is 2.00. The maximum absolute atomic E-state index is 13.0. The summed E-state index contributed by atoms with van der Waals surface area (Å²) in [6, 6.07) is 1.50. The zero-order valence-corrected chi connectivity index (χ0v) is 9.84. The van der Waals surface area contributed by atoms with Gasteiger partial charge in [0.25, 0.3) is 0 Å². The quantitative estimate of drug-likeness (QED) is 0.767. The van der Waals surface area contributed by atoms with Gasteiger partial charge >= 0.3 is 6.18 Å². The van der Waals surface area contributed by atoms with Crippen molar-refractivity contribution < 1.29 is 17.6 Å². The first kappa shape index (κ1) is 13.2. The van der Waals surface area contributed by atoms with Crippen LogP contribution >= 0.6 is 0 Å². The van der Waals surface area contributed by atoms with E-state index in [4.69, 9.17) is 0 Å². The lowest BCUT2D eigenvalue weighted by Gasteiger charge is -2.15. The fraction of sp³-hybridized carbons (Fsp3) is 0.636. The van der Waals surface area contributed by atoms with E-state index in [1.807, 2.05) is 0 Å². The molecule has 18 heavy (non-hydrogen) atoms. The van der Waals surface area contributed by atoms with Crippen molar-refractivity contribution in [3.8, 4) is 0 Å². The highest BCUT2D eigenvalue weighted by Gasteiger charge is 2.35. The first-order valence-corrected chi connectivity index (χ1v) is 5.63. The number of halogens is 4. The summed E-state index contributed by atoms with van der Waals surface area (Å²) in [6.07, 6.45) is -5.01. The molecule has 1 aliphatic rings. The van der Waals surface area contributed by atoms with Crippen molar-refractivity contribution >= 4 is 0 Å². The number of rotatable bonds is 2. The summed E-state index contributed by atoms with van der Waals surface area (Å²) in [4.78, 5) is 8.62. The molecule has 1 fully saturated rings. The van der Waals surface area contributed by atoms with Gasteiger partial charge in [-0.15, -0.1) is 0 Å². The Bertz CT molecular complexity index is 433. The second kappa shape index (κ2) is 4.79. The van der Waals surface area contributed by atoms with Crippen LogP contribution in [0.25, 0.3) is 0 Å². The van der Waals surface area contributed by atoms with Crippen LogP contribution in [0.1, 0.15) is 23.6 Å². The topological polar surface area (TPSA) is 29.0 Å². The SMILES string of the molecule is Cc1cc(CN2CCC(F)C2)nc(C(F)(F)F)n1. The first-order valence-electron chi connectivity index (χ1n) is 5.63. The second-order valence-electron chi connectivity index (χ2n) is 4.44. The Balaban J connectivity index is 2.15. The van der Waals surface area contributed by atoms with E-state index < -0.39 is 18.2 Å². The molecule has 3 nitrogen and oxygen atoms in total. The lowest BCUT2D eigenvalue weighted by Crippen LogP contribution is -2.22. The Morgan fingerprint density at radius 2 is 2.11 bits per heavy atom. The monoisotopic (exact) mass is 263 g/mol. The predicted octanol–water partition coefficient (Wildman–Crippen LogP) is 2.35. The summed E-state index contributed by atoms with van der Waals surface area (Å²) in [7, 11) is 0. The molecule has 0 spiro atoms. The van der Waals surface area contributed by atoms with Crippen molar-refractivity contribution in [2.75, 3.05) is 13.1 Å². The highest BCUT2D eigenvalue weighted by Crippen LogP contribution is 2.26. The average Bonchev–Trinajstić information content (AvgIpc) is 2.61. The number of likely N-dealkylation sites (tertiary alicyclic amines) is 1. The van der Waals surface area contributed by atoms with Gasteiger partial charge in [0.1, 0.15) is 6.17 Å². The zero-order valence-electron chi connectivity index (χ0n) is 9.84. The number of aromatic nitrogens is 2. The van der Waals surface area contributed by atoms with Crippen LogP contribution in [0.5, 0.6) is 0 Å². The molecule has 0 aliphatic carbocycles. The maximum Gasteiger partial charge on any atom is 0.451 e. The molecule has 1 aliphatic heterocycles. The number of aryl methyl sites for hydroxylation is 1. The Hall–Kier alpha value is -1.24. The van der Waals surface area contributed by atoms with Crippen molar-refractivity contribution in [3.63, 3.8) is 0 Å². The van der Waals surface area contributed by atoms with Crippen molar-refractivity contribution in [2.24, 2.45) is 0 Å². The number of hydrogen-bond donors (Lipinski definition) is 0. The third kappa shape index (κ3) is 3.16. The summed E-state index contributed by atoms with van der Waals surface area (Å²) >= 11 is 0. The zero-order chi connectivity index (χ0) is 13.3. The maximum atomic E-state index is 13.0. The van der Waals surface area contributed by atoms with Gasteiger partial charge in [-0.1, -0.05) is 0 Å². The molecule has 2 heterocycles. The average molecular weight is 263 g/mol. The largest absolute Gasteiger partial charge is 0.451 e.